The van der Waals surface area contributed by atoms with Crippen LogP contribution in [-0.4, -0.2) is 24.2 Å². The second-order valence-electron chi connectivity index (χ2n) is 5.90. The zero-order valence-corrected chi connectivity index (χ0v) is 14.8. The molecular formula is C18H24N2O2S. The quantitative estimate of drug-likeness (QED) is 0.602. The van der Waals surface area contributed by atoms with Crippen LogP contribution in [0, 0.1) is 5.92 Å². The third-order valence-corrected chi connectivity index (χ3v) is 3.98. The molecule has 1 amide bonds. The maximum atomic E-state index is 12.2. The Hall–Kier alpha value is -1.88. The first-order chi connectivity index (χ1) is 11.0. The molecular weight excluding hydrogens is 308 g/mol. The van der Waals surface area contributed by atoms with Crippen LogP contribution in [-0.2, 0) is 4.74 Å². The molecule has 1 N–H and O–H groups in total. The van der Waals surface area contributed by atoms with E-state index in [1.807, 2.05) is 51.1 Å². The van der Waals surface area contributed by atoms with Gasteiger partial charge in [-0.05, 0) is 51.8 Å². The number of benzene rings is 1. The summed E-state index contributed by atoms with van der Waals surface area (Å²) in [6.07, 6.45) is 4.00. The highest BCUT2D eigenvalue weighted by atomic mass is 32.1. The van der Waals surface area contributed by atoms with Gasteiger partial charge in [0, 0.05) is 23.8 Å². The predicted octanol–water partition coefficient (Wildman–Crippen LogP) is 4.77. The molecule has 1 aromatic rings. The Balaban J connectivity index is 2.17. The van der Waals surface area contributed by atoms with E-state index in [9.17, 15) is 4.79 Å². The Morgan fingerprint density at radius 2 is 2.17 bits per heavy atom. The number of amides is 1. The van der Waals surface area contributed by atoms with Crippen molar-refractivity contribution < 1.29 is 9.53 Å². The lowest BCUT2D eigenvalue weighted by atomic mass is 10.2. The lowest BCUT2D eigenvalue weighted by Crippen LogP contribution is -2.32. The Morgan fingerprint density at radius 1 is 1.43 bits per heavy atom. The molecule has 0 radical (unpaired) electrons. The first kappa shape index (κ1) is 17.5. The van der Waals surface area contributed by atoms with Crippen molar-refractivity contribution in [3.8, 4) is 0 Å². The summed E-state index contributed by atoms with van der Waals surface area (Å²) in [6, 6.07) is 7.72. The van der Waals surface area contributed by atoms with Gasteiger partial charge in [-0.2, -0.15) is 0 Å². The summed E-state index contributed by atoms with van der Waals surface area (Å²) in [7, 11) is 0. The van der Waals surface area contributed by atoms with Crippen LogP contribution in [0.15, 0.2) is 35.9 Å². The zero-order chi connectivity index (χ0) is 16.8. The van der Waals surface area contributed by atoms with Gasteiger partial charge in [-0.25, -0.2) is 4.79 Å². The molecule has 1 aliphatic carbocycles. The number of carbonyl (C=O) groups excluding carboxylic acids is 1. The van der Waals surface area contributed by atoms with E-state index in [0.29, 0.717) is 19.1 Å². The average Bonchev–Trinajstić information content (AvgIpc) is 3.32. The van der Waals surface area contributed by atoms with Gasteiger partial charge in [-0.1, -0.05) is 29.9 Å². The minimum atomic E-state index is -0.341. The normalized spacial score (nSPS) is 13.2. The Kier molecular flexibility index (Phi) is 6.16. The third kappa shape index (κ3) is 5.36. The highest BCUT2D eigenvalue weighted by Gasteiger charge is 2.26. The summed E-state index contributed by atoms with van der Waals surface area (Å²) in [5.74, 6) is 0.514. The predicted molar refractivity (Wildman–Crippen MR) is 99.2 cm³/mol. The molecule has 0 spiro atoms. The van der Waals surface area contributed by atoms with Crippen LogP contribution in [0.25, 0.3) is 0 Å². The number of ether oxygens (including phenoxy) is 1. The van der Waals surface area contributed by atoms with Crippen LogP contribution in [0.3, 0.4) is 0 Å². The summed E-state index contributed by atoms with van der Waals surface area (Å²) in [6.45, 7) is 6.67. The minimum Gasteiger partial charge on any atom is -0.449 e. The van der Waals surface area contributed by atoms with Crippen LogP contribution in [0.2, 0.25) is 0 Å². The SMILES string of the molecule is CCOC(=O)N(CC=C(C)C)c1cccc(NC(=S)C2CC2)c1. The van der Waals surface area contributed by atoms with Gasteiger partial charge in [0.15, 0.2) is 0 Å². The maximum Gasteiger partial charge on any atom is 0.414 e. The second-order valence-corrected chi connectivity index (χ2v) is 6.34. The number of carbonyl (C=O) groups is 1. The summed E-state index contributed by atoms with van der Waals surface area (Å²) >= 11 is 5.38. The van der Waals surface area contributed by atoms with E-state index in [1.165, 1.54) is 12.8 Å². The summed E-state index contributed by atoms with van der Waals surface area (Å²) in [5.41, 5.74) is 2.86. The molecule has 23 heavy (non-hydrogen) atoms. The Labute approximate surface area is 143 Å². The Bertz CT molecular complexity index is 605. The smallest absolute Gasteiger partial charge is 0.414 e. The van der Waals surface area contributed by atoms with E-state index in [2.05, 4.69) is 5.32 Å². The fourth-order valence-corrected chi connectivity index (χ4v) is 2.46. The number of nitrogens with zero attached hydrogens (tertiary/aromatic N) is 1. The standard InChI is InChI=1S/C18H24N2O2S/c1-4-22-18(21)20(11-10-13(2)3)16-7-5-6-15(12-16)19-17(23)14-8-9-14/h5-7,10,12,14H,4,8-9,11H2,1-3H3,(H,19,23). The first-order valence-corrected chi connectivity index (χ1v) is 8.40. The Morgan fingerprint density at radius 3 is 2.78 bits per heavy atom. The molecule has 0 saturated heterocycles. The second kappa shape index (κ2) is 8.11. The molecule has 1 saturated carbocycles. The van der Waals surface area contributed by atoms with Gasteiger partial charge < -0.3 is 10.1 Å². The van der Waals surface area contributed by atoms with Gasteiger partial charge in [-0.15, -0.1) is 0 Å². The number of rotatable bonds is 6. The topological polar surface area (TPSA) is 41.6 Å². The fourth-order valence-electron chi connectivity index (χ4n) is 2.10. The van der Waals surface area contributed by atoms with Crippen LogP contribution < -0.4 is 10.2 Å². The minimum absolute atomic E-state index is 0.341. The molecule has 0 aromatic heterocycles. The van der Waals surface area contributed by atoms with E-state index >= 15 is 0 Å². The summed E-state index contributed by atoms with van der Waals surface area (Å²) in [5, 5.41) is 3.27. The molecule has 0 aliphatic heterocycles. The van der Waals surface area contributed by atoms with E-state index in [0.717, 1.165) is 21.9 Å². The van der Waals surface area contributed by atoms with E-state index in [4.69, 9.17) is 17.0 Å². The largest absolute Gasteiger partial charge is 0.449 e. The number of thiocarbonyl (C=S) groups is 1. The van der Waals surface area contributed by atoms with Crippen LogP contribution in [0.1, 0.15) is 33.6 Å². The van der Waals surface area contributed by atoms with Crippen molar-refractivity contribution in [2.75, 3.05) is 23.4 Å². The van der Waals surface area contributed by atoms with Crippen molar-refractivity contribution >= 4 is 34.7 Å². The van der Waals surface area contributed by atoms with Gasteiger partial charge in [0.05, 0.1) is 11.6 Å². The van der Waals surface area contributed by atoms with Crippen LogP contribution in [0.5, 0.6) is 0 Å². The van der Waals surface area contributed by atoms with Gasteiger partial charge in [0.1, 0.15) is 0 Å². The summed E-state index contributed by atoms with van der Waals surface area (Å²) in [4.78, 5) is 14.7. The molecule has 0 bridgehead atoms. The molecule has 0 atom stereocenters. The molecule has 1 aromatic carbocycles. The highest BCUT2D eigenvalue weighted by molar-refractivity contribution is 7.80. The van der Waals surface area contributed by atoms with Gasteiger partial charge in [-0.3, -0.25) is 4.90 Å². The number of hydrogen-bond donors (Lipinski definition) is 1. The summed E-state index contributed by atoms with van der Waals surface area (Å²) < 4.78 is 5.17. The monoisotopic (exact) mass is 332 g/mol. The number of nitrogens with one attached hydrogen (secondary N) is 1. The van der Waals surface area contributed by atoms with Gasteiger partial charge in [0.2, 0.25) is 0 Å². The average molecular weight is 332 g/mol. The van der Waals surface area contributed by atoms with Gasteiger partial charge >= 0.3 is 6.09 Å². The fraction of sp³-hybridized carbons (Fsp3) is 0.444. The van der Waals surface area contributed by atoms with Crippen LogP contribution >= 0.6 is 12.2 Å². The van der Waals surface area contributed by atoms with Gasteiger partial charge in [0.25, 0.3) is 0 Å². The molecule has 0 heterocycles. The van der Waals surface area contributed by atoms with Crippen LogP contribution in [0.4, 0.5) is 16.2 Å². The van der Waals surface area contributed by atoms with Crippen molar-refractivity contribution in [2.45, 2.75) is 33.6 Å². The van der Waals surface area contributed by atoms with E-state index in [1.54, 1.807) is 4.90 Å². The maximum absolute atomic E-state index is 12.2. The van der Waals surface area contributed by atoms with Crippen molar-refractivity contribution in [3.05, 3.63) is 35.9 Å². The number of hydrogen-bond acceptors (Lipinski definition) is 3. The first-order valence-electron chi connectivity index (χ1n) is 8.00. The van der Waals surface area contributed by atoms with Crippen molar-refractivity contribution in [1.82, 2.24) is 0 Å². The number of anilines is 2. The molecule has 1 fully saturated rings. The van der Waals surface area contributed by atoms with Crippen molar-refractivity contribution in [1.29, 1.82) is 0 Å². The molecule has 124 valence electrons. The lowest BCUT2D eigenvalue weighted by Gasteiger charge is -2.21. The van der Waals surface area contributed by atoms with E-state index in [-0.39, 0.29) is 6.09 Å². The molecule has 4 nitrogen and oxygen atoms in total. The lowest BCUT2D eigenvalue weighted by molar-refractivity contribution is 0.160. The molecule has 0 unspecified atom stereocenters. The molecule has 2 rings (SSSR count). The molecule has 5 heteroatoms. The third-order valence-electron chi connectivity index (χ3n) is 3.54. The van der Waals surface area contributed by atoms with Crippen molar-refractivity contribution in [3.63, 3.8) is 0 Å². The highest BCUT2D eigenvalue weighted by Crippen LogP contribution is 2.31. The van der Waals surface area contributed by atoms with E-state index < -0.39 is 0 Å². The number of allylic oxidation sites excluding steroid dienone is 1. The zero-order valence-electron chi connectivity index (χ0n) is 14.0. The molecule has 1 aliphatic rings. The van der Waals surface area contributed by atoms with Crippen molar-refractivity contribution in [2.24, 2.45) is 5.92 Å².